The maximum atomic E-state index is 12.0. The monoisotopic (exact) mass is 352 g/mol. The predicted octanol–water partition coefficient (Wildman–Crippen LogP) is 0.938. The topological polar surface area (TPSA) is 102 Å². The van der Waals surface area contributed by atoms with Crippen molar-refractivity contribution >= 4 is 30.8 Å². The lowest BCUT2D eigenvalue weighted by molar-refractivity contribution is 0.0955. The number of hydrazone groups is 1. The quantitative estimate of drug-likeness (QED) is 0.269. The lowest BCUT2D eigenvalue weighted by Crippen LogP contribution is -2.29. The molecule has 134 valence electrons. The molecule has 0 saturated heterocycles. The highest BCUT2D eigenvalue weighted by atomic mass is 16.4. The van der Waals surface area contributed by atoms with Crippen LogP contribution in [0.4, 0.5) is 0 Å². The fourth-order valence-electron chi connectivity index (χ4n) is 1.95. The summed E-state index contributed by atoms with van der Waals surface area (Å²) in [6.45, 7) is 3.60. The van der Waals surface area contributed by atoms with Crippen molar-refractivity contribution in [1.29, 1.82) is 0 Å². The zero-order valence-electron chi connectivity index (χ0n) is 14.4. The lowest BCUT2D eigenvalue weighted by Gasteiger charge is -2.02. The number of nitrogens with one attached hydrogen (secondary N) is 1. The number of hydrogen-bond donors (Lipinski definition) is 4. The first kappa shape index (κ1) is 21.0. The van der Waals surface area contributed by atoms with Gasteiger partial charge in [0, 0.05) is 12.7 Å². The van der Waals surface area contributed by atoms with Crippen LogP contribution in [0.15, 0.2) is 72.4 Å². The Morgan fingerprint density at radius 2 is 1.81 bits per heavy atom. The fraction of sp³-hybridized carbons (Fsp3) is 0.0526. The molecule has 0 aliphatic carbocycles. The van der Waals surface area contributed by atoms with Crippen LogP contribution in [0.2, 0.25) is 0 Å². The van der Waals surface area contributed by atoms with E-state index in [1.165, 1.54) is 6.21 Å². The molecule has 7 heteroatoms. The van der Waals surface area contributed by atoms with Gasteiger partial charge in [-0.3, -0.25) is 4.79 Å². The molecule has 2 aromatic carbocycles. The minimum atomic E-state index is -1.54. The second kappa shape index (κ2) is 11.5. The second-order valence-corrected chi connectivity index (χ2v) is 4.96. The van der Waals surface area contributed by atoms with Crippen LogP contribution in [0.5, 0.6) is 0 Å². The Balaban J connectivity index is 0.00000163. The van der Waals surface area contributed by atoms with E-state index in [0.717, 1.165) is 12.7 Å². The van der Waals surface area contributed by atoms with Crippen LogP contribution >= 0.6 is 0 Å². The molecule has 1 amide bonds. The van der Waals surface area contributed by atoms with Crippen molar-refractivity contribution in [2.45, 2.75) is 0 Å². The van der Waals surface area contributed by atoms with Crippen LogP contribution in [-0.2, 0) is 0 Å². The SMILES string of the molecule is C=C/C=C/c1ccc(C(=O)N/N=C/c2cccc(B(O)O)c2)cc1.CO. The Bertz CT molecular complexity index is 771. The van der Waals surface area contributed by atoms with E-state index in [4.69, 9.17) is 15.2 Å². The number of hydrogen-bond acceptors (Lipinski definition) is 5. The van der Waals surface area contributed by atoms with E-state index < -0.39 is 7.12 Å². The normalized spacial score (nSPS) is 10.3. The summed E-state index contributed by atoms with van der Waals surface area (Å²) in [5.74, 6) is -0.330. The van der Waals surface area contributed by atoms with E-state index in [1.807, 2.05) is 24.3 Å². The number of amides is 1. The van der Waals surface area contributed by atoms with Crippen molar-refractivity contribution in [2.24, 2.45) is 5.10 Å². The van der Waals surface area contributed by atoms with Crippen molar-refractivity contribution < 1.29 is 19.9 Å². The molecule has 0 atom stereocenters. The van der Waals surface area contributed by atoms with Crippen LogP contribution < -0.4 is 10.9 Å². The number of aliphatic hydroxyl groups is 1. The van der Waals surface area contributed by atoms with Gasteiger partial charge in [0.2, 0.25) is 0 Å². The molecule has 26 heavy (non-hydrogen) atoms. The number of allylic oxidation sites excluding steroid dienone is 2. The molecule has 2 aromatic rings. The summed E-state index contributed by atoms with van der Waals surface area (Å²) in [5, 5.41) is 29.1. The average Bonchev–Trinajstić information content (AvgIpc) is 2.68. The zero-order chi connectivity index (χ0) is 19.4. The second-order valence-electron chi connectivity index (χ2n) is 4.96. The molecular formula is C19H21BN2O4. The Morgan fingerprint density at radius 3 is 2.42 bits per heavy atom. The third kappa shape index (κ3) is 6.86. The van der Waals surface area contributed by atoms with Gasteiger partial charge in [-0.15, -0.1) is 0 Å². The molecule has 0 aliphatic rings. The minimum absolute atomic E-state index is 0.330. The van der Waals surface area contributed by atoms with Crippen LogP contribution in [0.25, 0.3) is 6.08 Å². The molecule has 0 spiro atoms. The molecule has 4 N–H and O–H groups in total. The van der Waals surface area contributed by atoms with E-state index in [0.29, 0.717) is 16.6 Å². The van der Waals surface area contributed by atoms with E-state index >= 15 is 0 Å². The standard InChI is InChI=1S/C18H17BN2O3.CH4O/c1-2-3-5-14-8-10-16(11-9-14)18(22)21-20-13-15-6-4-7-17(12-15)19(23)24;1-2/h2-13,23-24H,1H2,(H,21,22);2H,1H3/b5-3+,20-13+;. The van der Waals surface area contributed by atoms with Crippen LogP contribution in [0.3, 0.4) is 0 Å². The zero-order valence-corrected chi connectivity index (χ0v) is 14.4. The van der Waals surface area contributed by atoms with Gasteiger partial charge in [-0.1, -0.05) is 61.2 Å². The van der Waals surface area contributed by atoms with Gasteiger partial charge in [0.05, 0.1) is 6.21 Å². The third-order valence-corrected chi connectivity index (χ3v) is 3.19. The molecule has 0 unspecified atom stereocenters. The Labute approximate surface area is 153 Å². The average molecular weight is 352 g/mol. The number of aliphatic hydroxyl groups excluding tert-OH is 1. The van der Waals surface area contributed by atoms with Gasteiger partial charge < -0.3 is 15.2 Å². The van der Waals surface area contributed by atoms with E-state index in [9.17, 15) is 4.79 Å². The summed E-state index contributed by atoms with van der Waals surface area (Å²) in [6, 6.07) is 13.6. The van der Waals surface area contributed by atoms with Crippen molar-refractivity contribution in [2.75, 3.05) is 7.11 Å². The Hall–Kier alpha value is -3.00. The number of rotatable bonds is 6. The van der Waals surface area contributed by atoms with Gasteiger partial charge >= 0.3 is 7.12 Å². The Morgan fingerprint density at radius 1 is 1.12 bits per heavy atom. The minimum Gasteiger partial charge on any atom is -0.423 e. The highest BCUT2D eigenvalue weighted by Gasteiger charge is 2.10. The highest BCUT2D eigenvalue weighted by Crippen LogP contribution is 2.06. The Kier molecular flexibility index (Phi) is 9.34. The molecule has 0 bridgehead atoms. The van der Waals surface area contributed by atoms with Crippen molar-refractivity contribution in [3.05, 3.63) is 84.0 Å². The van der Waals surface area contributed by atoms with Crippen LogP contribution in [-0.4, -0.2) is 41.5 Å². The number of carbonyl (C=O) groups is 1. The fourth-order valence-corrected chi connectivity index (χ4v) is 1.95. The molecular weight excluding hydrogens is 331 g/mol. The maximum absolute atomic E-state index is 12.0. The van der Waals surface area contributed by atoms with E-state index in [-0.39, 0.29) is 5.91 Å². The third-order valence-electron chi connectivity index (χ3n) is 3.19. The summed E-state index contributed by atoms with van der Waals surface area (Å²) in [5.41, 5.74) is 4.88. The highest BCUT2D eigenvalue weighted by molar-refractivity contribution is 6.58. The molecule has 6 nitrogen and oxygen atoms in total. The molecule has 2 rings (SSSR count). The molecule has 0 aromatic heterocycles. The van der Waals surface area contributed by atoms with Crippen LogP contribution in [0.1, 0.15) is 21.5 Å². The first-order valence-corrected chi connectivity index (χ1v) is 7.73. The maximum Gasteiger partial charge on any atom is 0.488 e. The lowest BCUT2D eigenvalue weighted by atomic mass is 9.80. The van der Waals surface area contributed by atoms with Crippen molar-refractivity contribution in [1.82, 2.24) is 5.43 Å². The summed E-state index contributed by atoms with van der Waals surface area (Å²) < 4.78 is 0. The van der Waals surface area contributed by atoms with Crippen molar-refractivity contribution in [3.8, 4) is 0 Å². The van der Waals surface area contributed by atoms with E-state index in [2.05, 4.69) is 17.1 Å². The summed E-state index contributed by atoms with van der Waals surface area (Å²) >= 11 is 0. The number of nitrogens with zero attached hydrogens (tertiary/aromatic N) is 1. The van der Waals surface area contributed by atoms with Gasteiger partial charge in [-0.25, -0.2) is 5.43 Å². The molecule has 0 fully saturated rings. The number of carbonyl (C=O) groups excluding carboxylic acids is 1. The van der Waals surface area contributed by atoms with E-state index in [1.54, 1.807) is 42.5 Å². The van der Waals surface area contributed by atoms with Crippen LogP contribution in [0, 0.1) is 0 Å². The molecule has 0 aliphatic heterocycles. The van der Waals surface area contributed by atoms with Gasteiger partial charge in [0.15, 0.2) is 0 Å². The first-order valence-electron chi connectivity index (χ1n) is 7.73. The summed E-state index contributed by atoms with van der Waals surface area (Å²) in [6.07, 6.45) is 6.82. The summed E-state index contributed by atoms with van der Waals surface area (Å²) in [4.78, 5) is 12.0. The van der Waals surface area contributed by atoms with Gasteiger partial charge in [-0.2, -0.15) is 5.10 Å². The molecule has 0 heterocycles. The number of benzene rings is 2. The largest absolute Gasteiger partial charge is 0.488 e. The van der Waals surface area contributed by atoms with Gasteiger partial charge in [-0.05, 0) is 28.7 Å². The summed E-state index contributed by atoms with van der Waals surface area (Å²) in [7, 11) is -0.540. The van der Waals surface area contributed by atoms with Gasteiger partial charge in [0.1, 0.15) is 0 Å². The molecule has 0 saturated carbocycles. The molecule has 0 radical (unpaired) electrons. The van der Waals surface area contributed by atoms with Crippen molar-refractivity contribution in [3.63, 3.8) is 0 Å². The van der Waals surface area contributed by atoms with Gasteiger partial charge in [0.25, 0.3) is 5.91 Å². The smallest absolute Gasteiger partial charge is 0.423 e. The predicted molar refractivity (Wildman–Crippen MR) is 105 cm³/mol. The first-order chi connectivity index (χ1) is 12.6.